The minimum Gasteiger partial charge on any atom is -0.395 e. The lowest BCUT2D eigenvalue weighted by atomic mass is 10.1. The molecule has 1 aromatic rings. The third kappa shape index (κ3) is 3.71. The predicted molar refractivity (Wildman–Crippen MR) is 92.5 cm³/mol. The number of hydrogen-bond acceptors (Lipinski definition) is 5. The van der Waals surface area contributed by atoms with Gasteiger partial charge in [0.2, 0.25) is 5.91 Å². The highest BCUT2D eigenvalue weighted by atomic mass is 16.3. The van der Waals surface area contributed by atoms with Crippen LogP contribution in [0.2, 0.25) is 0 Å². The van der Waals surface area contributed by atoms with Gasteiger partial charge in [-0.2, -0.15) is 0 Å². The normalized spacial score (nSPS) is 17.8. The predicted octanol–water partition coefficient (Wildman–Crippen LogP) is 1.47. The van der Waals surface area contributed by atoms with E-state index in [1.54, 1.807) is 24.3 Å². The molecule has 2 aliphatic rings. The lowest BCUT2D eigenvalue weighted by Gasteiger charge is -2.16. The van der Waals surface area contributed by atoms with Crippen LogP contribution >= 0.6 is 0 Å². The van der Waals surface area contributed by atoms with Crippen molar-refractivity contribution in [2.45, 2.75) is 25.7 Å². The average molecular weight is 343 g/mol. The van der Waals surface area contributed by atoms with Crippen LogP contribution in [0.15, 0.2) is 36.0 Å². The van der Waals surface area contributed by atoms with E-state index in [1.807, 2.05) is 0 Å². The Morgan fingerprint density at radius 2 is 1.84 bits per heavy atom. The van der Waals surface area contributed by atoms with Gasteiger partial charge in [0, 0.05) is 12.0 Å². The fourth-order valence-corrected chi connectivity index (χ4v) is 3.18. The van der Waals surface area contributed by atoms with Gasteiger partial charge < -0.3 is 15.7 Å². The van der Waals surface area contributed by atoms with E-state index in [2.05, 4.69) is 10.6 Å². The molecule has 1 fully saturated rings. The van der Waals surface area contributed by atoms with Crippen molar-refractivity contribution in [1.29, 1.82) is 0 Å². The molecule has 7 heteroatoms. The Bertz CT molecular complexity index is 723. The molecule has 25 heavy (non-hydrogen) atoms. The first kappa shape index (κ1) is 17.2. The Morgan fingerprint density at radius 1 is 1.16 bits per heavy atom. The number of carbonyl (C=O) groups is 3. The van der Waals surface area contributed by atoms with Crippen LogP contribution in [0, 0.1) is 5.92 Å². The summed E-state index contributed by atoms with van der Waals surface area (Å²) in [7, 11) is 0. The van der Waals surface area contributed by atoms with Gasteiger partial charge in [0.25, 0.3) is 11.8 Å². The summed E-state index contributed by atoms with van der Waals surface area (Å²) in [5.74, 6) is -0.941. The number of nitrogens with one attached hydrogen (secondary N) is 2. The summed E-state index contributed by atoms with van der Waals surface area (Å²) < 4.78 is 0. The van der Waals surface area contributed by atoms with Crippen LogP contribution in [0.25, 0.3) is 0 Å². The van der Waals surface area contributed by atoms with E-state index in [0.29, 0.717) is 11.4 Å². The van der Waals surface area contributed by atoms with Crippen molar-refractivity contribution in [3.63, 3.8) is 0 Å². The number of nitrogens with zero attached hydrogens (tertiary/aromatic N) is 1. The summed E-state index contributed by atoms with van der Waals surface area (Å²) >= 11 is 0. The Morgan fingerprint density at radius 3 is 2.52 bits per heavy atom. The maximum atomic E-state index is 12.3. The topological polar surface area (TPSA) is 98.7 Å². The van der Waals surface area contributed by atoms with Crippen LogP contribution in [-0.2, 0) is 14.4 Å². The second kappa shape index (κ2) is 7.48. The minimum absolute atomic E-state index is 0.0172. The van der Waals surface area contributed by atoms with Crippen molar-refractivity contribution < 1.29 is 19.5 Å². The molecule has 0 bridgehead atoms. The Balaban J connectivity index is 1.73. The number of carbonyl (C=O) groups excluding carboxylic acids is 3. The fraction of sp³-hybridized carbons (Fsp3) is 0.389. The fourth-order valence-electron chi connectivity index (χ4n) is 3.18. The van der Waals surface area contributed by atoms with Crippen molar-refractivity contribution in [3.8, 4) is 0 Å². The van der Waals surface area contributed by atoms with Crippen LogP contribution in [0.5, 0.6) is 0 Å². The number of imide groups is 1. The molecule has 1 saturated carbocycles. The molecule has 0 atom stereocenters. The largest absolute Gasteiger partial charge is 0.395 e. The van der Waals surface area contributed by atoms with E-state index in [9.17, 15) is 14.4 Å². The molecule has 132 valence electrons. The molecular formula is C18H21N3O4. The first-order chi connectivity index (χ1) is 12.1. The highest BCUT2D eigenvalue weighted by molar-refractivity contribution is 6.17. The number of β-amino-alcohol motifs (C(OH)–C–C–N with tert-alkyl or cyclic N) is 1. The summed E-state index contributed by atoms with van der Waals surface area (Å²) in [6.07, 6.45) is 5.14. The molecule has 1 aliphatic carbocycles. The van der Waals surface area contributed by atoms with Crippen molar-refractivity contribution in [3.05, 3.63) is 36.0 Å². The Hall–Kier alpha value is -2.67. The summed E-state index contributed by atoms with van der Waals surface area (Å²) in [6, 6.07) is 7.06. The van der Waals surface area contributed by atoms with Gasteiger partial charge in [0.05, 0.1) is 24.5 Å². The van der Waals surface area contributed by atoms with Crippen molar-refractivity contribution in [1.82, 2.24) is 4.90 Å². The van der Waals surface area contributed by atoms with Gasteiger partial charge in [-0.3, -0.25) is 19.3 Å². The molecule has 0 aromatic heterocycles. The first-order valence-corrected chi connectivity index (χ1v) is 8.45. The molecule has 1 aliphatic heterocycles. The van der Waals surface area contributed by atoms with Crippen molar-refractivity contribution in [2.24, 2.45) is 5.92 Å². The highest BCUT2D eigenvalue weighted by Gasteiger charge is 2.31. The van der Waals surface area contributed by atoms with E-state index in [0.717, 1.165) is 30.6 Å². The molecule has 1 aromatic carbocycles. The van der Waals surface area contributed by atoms with E-state index in [1.165, 1.54) is 6.08 Å². The van der Waals surface area contributed by atoms with E-state index in [-0.39, 0.29) is 30.7 Å². The maximum Gasteiger partial charge on any atom is 0.277 e. The van der Waals surface area contributed by atoms with Crippen molar-refractivity contribution in [2.75, 3.05) is 23.8 Å². The van der Waals surface area contributed by atoms with Gasteiger partial charge >= 0.3 is 0 Å². The minimum atomic E-state index is -0.490. The summed E-state index contributed by atoms with van der Waals surface area (Å²) in [5, 5.41) is 14.8. The molecule has 0 spiro atoms. The SMILES string of the molecule is O=C(Nc1ccccc1NC1=CC(=O)N(CCO)C1=O)C1CCCC1. The number of para-hydroxylation sites is 2. The molecule has 3 rings (SSSR count). The number of amides is 3. The summed E-state index contributed by atoms with van der Waals surface area (Å²) in [6.45, 7) is -0.327. The smallest absolute Gasteiger partial charge is 0.277 e. The second-order valence-electron chi connectivity index (χ2n) is 6.22. The Labute approximate surface area is 145 Å². The lowest BCUT2D eigenvalue weighted by molar-refractivity contribution is -0.137. The van der Waals surface area contributed by atoms with Gasteiger partial charge in [-0.1, -0.05) is 25.0 Å². The van der Waals surface area contributed by atoms with Gasteiger partial charge in [-0.15, -0.1) is 0 Å². The molecule has 7 nitrogen and oxygen atoms in total. The zero-order chi connectivity index (χ0) is 17.8. The first-order valence-electron chi connectivity index (χ1n) is 8.45. The summed E-state index contributed by atoms with van der Waals surface area (Å²) in [5.41, 5.74) is 1.24. The lowest BCUT2D eigenvalue weighted by Crippen LogP contribution is -2.34. The number of hydrogen-bond donors (Lipinski definition) is 3. The van der Waals surface area contributed by atoms with Gasteiger partial charge in [0.1, 0.15) is 5.70 Å². The summed E-state index contributed by atoms with van der Waals surface area (Å²) in [4.78, 5) is 37.4. The van der Waals surface area contributed by atoms with Crippen LogP contribution in [0.4, 0.5) is 11.4 Å². The monoisotopic (exact) mass is 343 g/mol. The van der Waals surface area contributed by atoms with Crippen LogP contribution in [-0.4, -0.2) is 40.9 Å². The molecule has 3 amide bonds. The average Bonchev–Trinajstić information content (AvgIpc) is 3.22. The highest BCUT2D eigenvalue weighted by Crippen LogP contribution is 2.29. The number of aliphatic hydroxyl groups is 1. The van der Waals surface area contributed by atoms with Crippen molar-refractivity contribution >= 4 is 29.1 Å². The van der Waals surface area contributed by atoms with Crippen LogP contribution in [0.3, 0.4) is 0 Å². The zero-order valence-corrected chi connectivity index (χ0v) is 13.8. The van der Waals surface area contributed by atoms with Gasteiger partial charge in [-0.25, -0.2) is 0 Å². The zero-order valence-electron chi connectivity index (χ0n) is 13.8. The molecule has 3 N–H and O–H groups in total. The number of aliphatic hydroxyl groups excluding tert-OH is 1. The van der Waals surface area contributed by atoms with E-state index >= 15 is 0 Å². The third-order valence-corrected chi connectivity index (χ3v) is 4.51. The van der Waals surface area contributed by atoms with Gasteiger partial charge in [-0.05, 0) is 25.0 Å². The second-order valence-corrected chi connectivity index (χ2v) is 6.22. The van der Waals surface area contributed by atoms with E-state index in [4.69, 9.17) is 5.11 Å². The van der Waals surface area contributed by atoms with E-state index < -0.39 is 11.8 Å². The van der Waals surface area contributed by atoms with Crippen LogP contribution < -0.4 is 10.6 Å². The molecule has 1 heterocycles. The molecule has 0 saturated heterocycles. The van der Waals surface area contributed by atoms with Gasteiger partial charge in [0.15, 0.2) is 0 Å². The maximum absolute atomic E-state index is 12.3. The molecular weight excluding hydrogens is 322 g/mol. The number of rotatable bonds is 6. The molecule has 0 unspecified atom stereocenters. The van der Waals surface area contributed by atoms with Crippen LogP contribution in [0.1, 0.15) is 25.7 Å². The quantitative estimate of drug-likeness (QED) is 0.680. The molecule has 0 radical (unpaired) electrons. The standard InChI is InChI=1S/C18H21N3O4/c22-10-9-21-16(23)11-15(18(21)25)19-13-7-3-4-8-14(13)20-17(24)12-5-1-2-6-12/h3-4,7-8,11-12,19,22H,1-2,5-6,9-10H2,(H,20,24). The Kier molecular flexibility index (Phi) is 5.14. The number of benzene rings is 1. The number of anilines is 2. The third-order valence-electron chi connectivity index (χ3n) is 4.51.